The molecule has 0 atom stereocenters. The summed E-state index contributed by atoms with van der Waals surface area (Å²) in [5, 5.41) is 0.670. The monoisotopic (exact) mass is 284 g/mol. The molecule has 0 saturated carbocycles. The molecule has 0 unspecified atom stereocenters. The van der Waals surface area contributed by atoms with Crippen molar-refractivity contribution in [2.24, 2.45) is 0 Å². The van der Waals surface area contributed by atoms with Crippen LogP contribution in [0.2, 0.25) is 0 Å². The molecule has 1 aromatic carbocycles. The summed E-state index contributed by atoms with van der Waals surface area (Å²) < 4.78 is 18.7. The number of amides is 1. The highest BCUT2D eigenvalue weighted by molar-refractivity contribution is 5.94. The third-order valence-electron chi connectivity index (χ3n) is 3.24. The number of nitrogens with zero attached hydrogens (tertiary/aromatic N) is 2. The van der Waals surface area contributed by atoms with Crippen LogP contribution in [-0.4, -0.2) is 22.8 Å². The second kappa shape index (κ2) is 5.36. The molecule has 0 aliphatic heterocycles. The van der Waals surface area contributed by atoms with Crippen LogP contribution < -0.4 is 0 Å². The van der Waals surface area contributed by atoms with Crippen molar-refractivity contribution in [2.75, 3.05) is 7.05 Å². The minimum atomic E-state index is -0.431. The highest BCUT2D eigenvalue weighted by Crippen LogP contribution is 2.17. The molecular weight excluding hydrogens is 271 g/mol. The topological polar surface area (TPSA) is 46.3 Å². The fourth-order valence-corrected chi connectivity index (χ4v) is 2.15. The van der Waals surface area contributed by atoms with Gasteiger partial charge in [-0.15, -0.1) is 0 Å². The molecule has 2 aromatic heterocycles. The van der Waals surface area contributed by atoms with Crippen LogP contribution in [0.3, 0.4) is 0 Å². The van der Waals surface area contributed by atoms with Crippen molar-refractivity contribution in [3.8, 4) is 0 Å². The SMILES string of the molecule is CN(Cc1ccoc1)C(=O)c1ccc2cccc(F)c2n1. The van der Waals surface area contributed by atoms with E-state index >= 15 is 0 Å². The van der Waals surface area contributed by atoms with Crippen LogP contribution in [0.15, 0.2) is 53.3 Å². The molecule has 5 heteroatoms. The van der Waals surface area contributed by atoms with Crippen LogP contribution in [0.25, 0.3) is 10.9 Å². The number of para-hydroxylation sites is 1. The zero-order valence-electron chi connectivity index (χ0n) is 11.4. The summed E-state index contributed by atoms with van der Waals surface area (Å²) in [4.78, 5) is 18.0. The maximum atomic E-state index is 13.7. The van der Waals surface area contributed by atoms with E-state index in [0.29, 0.717) is 11.9 Å². The van der Waals surface area contributed by atoms with Gasteiger partial charge in [-0.25, -0.2) is 9.37 Å². The quantitative estimate of drug-likeness (QED) is 0.741. The van der Waals surface area contributed by atoms with Crippen molar-refractivity contribution in [1.82, 2.24) is 9.88 Å². The minimum Gasteiger partial charge on any atom is -0.472 e. The summed E-state index contributed by atoms with van der Waals surface area (Å²) in [6.07, 6.45) is 3.13. The highest BCUT2D eigenvalue weighted by Gasteiger charge is 2.15. The molecule has 21 heavy (non-hydrogen) atoms. The Hall–Kier alpha value is -2.69. The summed E-state index contributed by atoms with van der Waals surface area (Å²) in [5.74, 6) is -0.694. The number of fused-ring (bicyclic) bond motifs is 1. The molecular formula is C16H13FN2O2. The lowest BCUT2D eigenvalue weighted by atomic mass is 10.2. The Bertz CT molecular complexity index is 784. The van der Waals surface area contributed by atoms with E-state index in [1.165, 1.54) is 11.0 Å². The second-order valence-corrected chi connectivity index (χ2v) is 4.80. The van der Waals surface area contributed by atoms with Gasteiger partial charge in [0, 0.05) is 24.5 Å². The van der Waals surface area contributed by atoms with Crippen LogP contribution in [0.4, 0.5) is 4.39 Å². The Morgan fingerprint density at radius 1 is 1.29 bits per heavy atom. The van der Waals surface area contributed by atoms with Crippen molar-refractivity contribution < 1.29 is 13.6 Å². The van der Waals surface area contributed by atoms with Gasteiger partial charge >= 0.3 is 0 Å². The first kappa shape index (κ1) is 13.3. The largest absolute Gasteiger partial charge is 0.472 e. The van der Waals surface area contributed by atoms with E-state index in [1.807, 2.05) is 0 Å². The summed E-state index contributed by atoms with van der Waals surface area (Å²) in [6, 6.07) is 9.80. The Labute approximate surface area is 120 Å². The van der Waals surface area contributed by atoms with Crippen LogP contribution in [0.1, 0.15) is 16.1 Å². The Morgan fingerprint density at radius 2 is 2.14 bits per heavy atom. The number of pyridine rings is 1. The standard InChI is InChI=1S/C16H13FN2O2/c1-19(9-11-7-8-21-10-11)16(20)14-6-5-12-3-2-4-13(17)15(12)18-14/h2-8,10H,9H2,1H3. The van der Waals surface area contributed by atoms with Crippen molar-refractivity contribution in [3.05, 3.63) is 66.0 Å². The van der Waals surface area contributed by atoms with Crippen molar-refractivity contribution in [2.45, 2.75) is 6.54 Å². The second-order valence-electron chi connectivity index (χ2n) is 4.80. The van der Waals surface area contributed by atoms with E-state index < -0.39 is 5.82 Å². The zero-order chi connectivity index (χ0) is 14.8. The fraction of sp³-hybridized carbons (Fsp3) is 0.125. The summed E-state index contributed by atoms with van der Waals surface area (Å²) in [5.41, 5.74) is 1.32. The Kier molecular flexibility index (Phi) is 3.39. The molecule has 1 amide bonds. The number of carbonyl (C=O) groups excluding carboxylic acids is 1. The smallest absolute Gasteiger partial charge is 0.272 e. The number of benzene rings is 1. The van der Waals surface area contributed by atoms with Crippen molar-refractivity contribution in [3.63, 3.8) is 0 Å². The number of rotatable bonds is 3. The third kappa shape index (κ3) is 2.63. The van der Waals surface area contributed by atoms with Gasteiger partial charge in [0.05, 0.1) is 12.5 Å². The average molecular weight is 284 g/mol. The predicted octanol–water partition coefficient (Wildman–Crippen LogP) is 3.24. The molecule has 0 radical (unpaired) electrons. The van der Waals surface area contributed by atoms with Crippen LogP contribution in [-0.2, 0) is 6.54 Å². The molecule has 0 saturated heterocycles. The normalized spacial score (nSPS) is 10.8. The molecule has 3 aromatic rings. The lowest BCUT2D eigenvalue weighted by molar-refractivity contribution is 0.0779. The van der Waals surface area contributed by atoms with E-state index in [0.717, 1.165) is 5.56 Å². The first-order valence-electron chi connectivity index (χ1n) is 6.47. The number of carbonyl (C=O) groups is 1. The Morgan fingerprint density at radius 3 is 2.90 bits per heavy atom. The number of furan rings is 1. The van der Waals surface area contributed by atoms with Gasteiger partial charge in [0.2, 0.25) is 0 Å². The molecule has 0 aliphatic carbocycles. The van der Waals surface area contributed by atoms with E-state index in [4.69, 9.17) is 4.42 Å². The van der Waals surface area contributed by atoms with E-state index in [-0.39, 0.29) is 17.1 Å². The number of hydrogen-bond acceptors (Lipinski definition) is 3. The maximum Gasteiger partial charge on any atom is 0.272 e. The fourth-order valence-electron chi connectivity index (χ4n) is 2.15. The summed E-state index contributed by atoms with van der Waals surface area (Å²) >= 11 is 0. The lowest BCUT2D eigenvalue weighted by Gasteiger charge is -2.15. The van der Waals surface area contributed by atoms with E-state index in [1.54, 1.807) is 49.9 Å². The molecule has 0 spiro atoms. The third-order valence-corrected chi connectivity index (χ3v) is 3.24. The first-order chi connectivity index (χ1) is 10.1. The molecule has 0 bridgehead atoms. The Balaban J connectivity index is 1.89. The van der Waals surface area contributed by atoms with Gasteiger partial charge in [0.15, 0.2) is 0 Å². The maximum absolute atomic E-state index is 13.7. The van der Waals surface area contributed by atoms with Crippen molar-refractivity contribution in [1.29, 1.82) is 0 Å². The number of halogens is 1. The summed E-state index contributed by atoms with van der Waals surface area (Å²) in [6.45, 7) is 0.409. The van der Waals surface area contributed by atoms with Gasteiger partial charge in [-0.1, -0.05) is 18.2 Å². The molecule has 0 fully saturated rings. The van der Waals surface area contributed by atoms with Crippen LogP contribution in [0.5, 0.6) is 0 Å². The van der Waals surface area contributed by atoms with Gasteiger partial charge in [-0.3, -0.25) is 4.79 Å². The van der Waals surface area contributed by atoms with E-state index in [2.05, 4.69) is 4.98 Å². The van der Waals surface area contributed by atoms with E-state index in [9.17, 15) is 9.18 Å². The van der Waals surface area contributed by atoms with Gasteiger partial charge < -0.3 is 9.32 Å². The molecule has 106 valence electrons. The van der Waals surface area contributed by atoms with Crippen LogP contribution >= 0.6 is 0 Å². The first-order valence-corrected chi connectivity index (χ1v) is 6.47. The van der Waals surface area contributed by atoms with Crippen molar-refractivity contribution >= 4 is 16.8 Å². The minimum absolute atomic E-state index is 0.208. The summed E-state index contributed by atoms with van der Waals surface area (Å²) in [7, 11) is 1.67. The molecule has 0 aliphatic rings. The average Bonchev–Trinajstić information content (AvgIpc) is 2.99. The highest BCUT2D eigenvalue weighted by atomic mass is 19.1. The predicted molar refractivity (Wildman–Crippen MR) is 76.2 cm³/mol. The lowest BCUT2D eigenvalue weighted by Crippen LogP contribution is -2.26. The van der Waals surface area contributed by atoms with Gasteiger partial charge in [0.25, 0.3) is 5.91 Å². The van der Waals surface area contributed by atoms with Gasteiger partial charge in [0.1, 0.15) is 17.0 Å². The zero-order valence-corrected chi connectivity index (χ0v) is 11.4. The molecule has 4 nitrogen and oxygen atoms in total. The number of aromatic nitrogens is 1. The molecule has 0 N–H and O–H groups in total. The molecule has 2 heterocycles. The molecule has 3 rings (SSSR count). The number of hydrogen-bond donors (Lipinski definition) is 0. The van der Waals surface area contributed by atoms with Crippen LogP contribution in [0, 0.1) is 5.82 Å². The van der Waals surface area contributed by atoms with Gasteiger partial charge in [-0.2, -0.15) is 0 Å². The van der Waals surface area contributed by atoms with Gasteiger partial charge in [-0.05, 0) is 18.2 Å².